The lowest BCUT2D eigenvalue weighted by Crippen LogP contribution is -2.50. The number of methoxy groups -OCH3 is 1. The third-order valence-electron chi connectivity index (χ3n) is 3.54. The van der Waals surface area contributed by atoms with Gasteiger partial charge in [-0.05, 0) is 38.5 Å². The highest BCUT2D eigenvalue weighted by molar-refractivity contribution is 4.89. The summed E-state index contributed by atoms with van der Waals surface area (Å²) < 4.78 is 5.39. The summed E-state index contributed by atoms with van der Waals surface area (Å²) in [6.07, 6.45) is 7.17. The molecule has 0 aliphatic heterocycles. The van der Waals surface area contributed by atoms with Gasteiger partial charge in [0.2, 0.25) is 0 Å². The highest BCUT2D eigenvalue weighted by Crippen LogP contribution is 2.25. The lowest BCUT2D eigenvalue weighted by molar-refractivity contribution is 0.0327. The van der Waals surface area contributed by atoms with Crippen LogP contribution in [0.1, 0.15) is 38.5 Å². The zero-order valence-corrected chi connectivity index (χ0v) is 8.91. The molecule has 2 N–H and O–H groups in total. The monoisotopic (exact) mass is 199 g/mol. The number of hydrogen-bond acceptors (Lipinski definition) is 3. The Morgan fingerprint density at radius 3 is 2.57 bits per heavy atom. The fourth-order valence-corrected chi connectivity index (χ4v) is 2.57. The first-order valence-corrected chi connectivity index (χ1v) is 5.75. The second-order valence-electron chi connectivity index (χ2n) is 4.71. The molecule has 0 radical (unpaired) electrons. The van der Waals surface area contributed by atoms with E-state index in [2.05, 4.69) is 5.32 Å². The largest absolute Gasteiger partial charge is 0.393 e. The van der Waals surface area contributed by atoms with Crippen molar-refractivity contribution in [3.8, 4) is 0 Å². The molecule has 14 heavy (non-hydrogen) atoms. The number of rotatable bonds is 3. The van der Waals surface area contributed by atoms with Gasteiger partial charge in [0.25, 0.3) is 0 Å². The average molecular weight is 199 g/mol. The number of aliphatic hydroxyl groups is 1. The van der Waals surface area contributed by atoms with Gasteiger partial charge in [0.1, 0.15) is 0 Å². The summed E-state index contributed by atoms with van der Waals surface area (Å²) in [6.45, 7) is 0. The van der Waals surface area contributed by atoms with Crippen LogP contribution in [0, 0.1) is 0 Å². The van der Waals surface area contributed by atoms with Gasteiger partial charge in [-0.1, -0.05) is 0 Å². The van der Waals surface area contributed by atoms with Crippen molar-refractivity contribution in [1.29, 1.82) is 0 Å². The van der Waals surface area contributed by atoms with Gasteiger partial charge in [-0.3, -0.25) is 0 Å². The van der Waals surface area contributed by atoms with Gasteiger partial charge in [0.05, 0.1) is 12.2 Å². The fourth-order valence-electron chi connectivity index (χ4n) is 2.57. The van der Waals surface area contributed by atoms with Crippen LogP contribution < -0.4 is 5.32 Å². The number of hydrogen-bond donors (Lipinski definition) is 2. The van der Waals surface area contributed by atoms with Crippen molar-refractivity contribution in [1.82, 2.24) is 5.32 Å². The Balaban J connectivity index is 1.69. The zero-order valence-electron chi connectivity index (χ0n) is 8.91. The summed E-state index contributed by atoms with van der Waals surface area (Å²) in [4.78, 5) is 0. The highest BCUT2D eigenvalue weighted by atomic mass is 16.5. The summed E-state index contributed by atoms with van der Waals surface area (Å²) in [6, 6.07) is 1.18. The molecule has 2 aliphatic rings. The van der Waals surface area contributed by atoms with E-state index < -0.39 is 0 Å². The van der Waals surface area contributed by atoms with E-state index in [-0.39, 0.29) is 6.10 Å². The van der Waals surface area contributed by atoms with Gasteiger partial charge in [-0.15, -0.1) is 0 Å². The average Bonchev–Trinajstić information content (AvgIpc) is 2.16. The third kappa shape index (κ3) is 2.47. The maximum Gasteiger partial charge on any atom is 0.0586 e. The highest BCUT2D eigenvalue weighted by Gasteiger charge is 2.30. The third-order valence-corrected chi connectivity index (χ3v) is 3.54. The van der Waals surface area contributed by atoms with Crippen molar-refractivity contribution in [3.05, 3.63) is 0 Å². The normalized spacial score (nSPS) is 43.3. The van der Waals surface area contributed by atoms with E-state index in [4.69, 9.17) is 4.74 Å². The molecular formula is C11H21NO2. The van der Waals surface area contributed by atoms with E-state index in [1.807, 2.05) is 0 Å². The van der Waals surface area contributed by atoms with Crippen LogP contribution in [0.5, 0.6) is 0 Å². The molecule has 0 spiro atoms. The standard InChI is InChI=1S/C11H21NO2/c1-14-11-4-2-3-8(7-11)12-9-5-10(13)6-9/h8-13H,2-7H2,1H3. The molecular weight excluding hydrogens is 178 g/mol. The minimum atomic E-state index is -0.0469. The lowest BCUT2D eigenvalue weighted by Gasteiger charge is -2.38. The maximum atomic E-state index is 9.18. The molecule has 0 aromatic heterocycles. The molecule has 2 unspecified atom stereocenters. The molecule has 0 bridgehead atoms. The lowest BCUT2D eigenvalue weighted by atomic mass is 9.86. The van der Waals surface area contributed by atoms with Gasteiger partial charge >= 0.3 is 0 Å². The molecule has 82 valence electrons. The second-order valence-corrected chi connectivity index (χ2v) is 4.71. The van der Waals surface area contributed by atoms with E-state index in [1.54, 1.807) is 7.11 Å². The fraction of sp³-hybridized carbons (Fsp3) is 1.00. The van der Waals surface area contributed by atoms with Crippen LogP contribution in [0.2, 0.25) is 0 Å². The summed E-state index contributed by atoms with van der Waals surface area (Å²) in [5.41, 5.74) is 0. The van der Waals surface area contributed by atoms with Crippen LogP contribution in [0.15, 0.2) is 0 Å². The van der Waals surface area contributed by atoms with E-state index in [9.17, 15) is 5.11 Å². The van der Waals surface area contributed by atoms with Crippen LogP contribution >= 0.6 is 0 Å². The number of aliphatic hydroxyl groups excluding tert-OH is 1. The van der Waals surface area contributed by atoms with Gasteiger partial charge in [0, 0.05) is 19.2 Å². The predicted octanol–water partition coefficient (Wildman–Crippen LogP) is 1.06. The van der Waals surface area contributed by atoms with Crippen LogP contribution in [0.3, 0.4) is 0 Å². The molecule has 0 amide bonds. The van der Waals surface area contributed by atoms with E-state index in [0.717, 1.165) is 19.3 Å². The molecule has 2 aliphatic carbocycles. The topological polar surface area (TPSA) is 41.5 Å². The first-order valence-electron chi connectivity index (χ1n) is 5.75. The van der Waals surface area contributed by atoms with Gasteiger partial charge in [-0.2, -0.15) is 0 Å². The maximum absolute atomic E-state index is 9.18. The minimum Gasteiger partial charge on any atom is -0.393 e. The number of ether oxygens (including phenoxy) is 1. The Morgan fingerprint density at radius 2 is 1.93 bits per heavy atom. The van der Waals surface area contributed by atoms with Crippen molar-refractivity contribution in [3.63, 3.8) is 0 Å². The van der Waals surface area contributed by atoms with Gasteiger partial charge < -0.3 is 15.2 Å². The Kier molecular flexibility index (Phi) is 3.42. The molecule has 2 rings (SSSR count). The Bertz CT molecular complexity index is 180. The predicted molar refractivity (Wildman–Crippen MR) is 55.2 cm³/mol. The van der Waals surface area contributed by atoms with E-state index in [1.165, 1.54) is 19.3 Å². The Hall–Kier alpha value is -0.120. The van der Waals surface area contributed by atoms with Crippen LogP contribution in [-0.2, 0) is 4.74 Å². The second kappa shape index (κ2) is 4.60. The summed E-state index contributed by atoms with van der Waals surface area (Å²) in [5, 5.41) is 12.8. The van der Waals surface area contributed by atoms with E-state index in [0.29, 0.717) is 18.2 Å². The van der Waals surface area contributed by atoms with Crippen LogP contribution in [0.25, 0.3) is 0 Å². The van der Waals surface area contributed by atoms with Crippen molar-refractivity contribution in [2.45, 2.75) is 62.8 Å². The molecule has 0 heterocycles. The van der Waals surface area contributed by atoms with Crippen molar-refractivity contribution in [2.75, 3.05) is 7.11 Å². The Morgan fingerprint density at radius 1 is 1.14 bits per heavy atom. The molecule has 0 aromatic carbocycles. The first kappa shape index (κ1) is 10.4. The van der Waals surface area contributed by atoms with Gasteiger partial charge in [0.15, 0.2) is 0 Å². The molecule has 3 heteroatoms. The SMILES string of the molecule is COC1CCCC(NC2CC(O)C2)C1. The summed E-state index contributed by atoms with van der Waals surface area (Å²) in [7, 11) is 1.81. The quantitative estimate of drug-likeness (QED) is 0.714. The molecule has 0 aromatic rings. The summed E-state index contributed by atoms with van der Waals surface area (Å²) in [5.74, 6) is 0. The molecule has 2 saturated carbocycles. The van der Waals surface area contributed by atoms with Crippen LogP contribution in [0.4, 0.5) is 0 Å². The molecule has 3 nitrogen and oxygen atoms in total. The van der Waals surface area contributed by atoms with Crippen molar-refractivity contribution < 1.29 is 9.84 Å². The molecule has 2 atom stereocenters. The van der Waals surface area contributed by atoms with Crippen molar-refractivity contribution in [2.24, 2.45) is 0 Å². The smallest absolute Gasteiger partial charge is 0.0586 e. The minimum absolute atomic E-state index is 0.0469. The first-order chi connectivity index (χ1) is 6.78. The number of nitrogens with one attached hydrogen (secondary N) is 1. The summed E-state index contributed by atoms with van der Waals surface area (Å²) >= 11 is 0. The van der Waals surface area contributed by atoms with E-state index >= 15 is 0 Å². The van der Waals surface area contributed by atoms with Crippen LogP contribution in [-0.4, -0.2) is 36.5 Å². The Labute approximate surface area is 85.8 Å². The zero-order chi connectivity index (χ0) is 9.97. The van der Waals surface area contributed by atoms with Gasteiger partial charge in [-0.25, -0.2) is 0 Å². The van der Waals surface area contributed by atoms with Crippen molar-refractivity contribution >= 4 is 0 Å². The molecule has 2 fully saturated rings. The molecule has 0 saturated heterocycles.